The van der Waals surface area contributed by atoms with Gasteiger partial charge in [-0.25, -0.2) is 0 Å². The summed E-state index contributed by atoms with van der Waals surface area (Å²) in [6, 6.07) is 53.4. The first-order valence-electron chi connectivity index (χ1n) is 30.7. The molecule has 0 unspecified atom stereocenters. The van der Waals surface area contributed by atoms with E-state index >= 15 is 0 Å². The van der Waals surface area contributed by atoms with Crippen molar-refractivity contribution in [1.29, 1.82) is 0 Å². The Morgan fingerprint density at radius 1 is 0.463 bits per heavy atom. The van der Waals surface area contributed by atoms with Crippen LogP contribution >= 0.6 is 0 Å². The third-order valence-corrected chi connectivity index (χ3v) is 21.3. The smallest absolute Gasteiger partial charge is 0.252 e. The monoisotopic (exact) mass is 1050 g/mol. The number of allylic oxidation sites excluding steroid dienone is 1. The summed E-state index contributed by atoms with van der Waals surface area (Å²) in [5.41, 5.74) is 31.4. The summed E-state index contributed by atoms with van der Waals surface area (Å²) >= 11 is 0. The van der Waals surface area contributed by atoms with Crippen molar-refractivity contribution >= 4 is 62.9 Å². The Balaban J connectivity index is 1.18. The van der Waals surface area contributed by atoms with Gasteiger partial charge in [-0.2, -0.15) is 0 Å². The average molecular weight is 1050 g/mol. The Morgan fingerprint density at radius 3 is 1.43 bits per heavy atom. The molecule has 6 aliphatic rings. The van der Waals surface area contributed by atoms with Crippen LogP contribution < -0.4 is 25.6 Å². The number of benzene rings is 7. The standard InChI is InChI=1S/C76H88BN3/c1-48-39-56-60(75(13,14)37-33-71(56,5)6)45-64(48)80-65-46-61-59(74(11,12)36-38-76(61,15)16)44-62(65)77-68-55-43-58-57(72(7,8)34-35-73(58,9)10)42-50(55)27-32-63(68)79(54-30-28-51(29-31-54)70(2,3)4)66-40-49(41-67(80)69(66)77)47-78(52-23-19-17-20-24-52)53-25-21-18-22-26-53/h17-26,28-31,39-46H,27,32-38,47H2,1-16H3. The Labute approximate surface area is 482 Å². The van der Waals surface area contributed by atoms with E-state index in [-0.39, 0.29) is 44.6 Å². The number of hydrogen-bond acceptors (Lipinski definition) is 3. The summed E-state index contributed by atoms with van der Waals surface area (Å²) in [6.07, 6.45) is 9.09. The van der Waals surface area contributed by atoms with Crippen molar-refractivity contribution in [3.05, 3.63) is 200 Å². The molecular formula is C76H88BN3. The van der Waals surface area contributed by atoms with Gasteiger partial charge in [-0.3, -0.25) is 0 Å². The third-order valence-electron chi connectivity index (χ3n) is 21.3. The molecule has 80 heavy (non-hydrogen) atoms. The molecular weight excluding hydrogens is 966 g/mol. The molecule has 3 nitrogen and oxygen atoms in total. The maximum Gasteiger partial charge on any atom is 0.252 e. The highest BCUT2D eigenvalue weighted by atomic mass is 15.2. The second-order valence-electron chi connectivity index (χ2n) is 30.6. The van der Waals surface area contributed by atoms with Crippen molar-refractivity contribution in [1.82, 2.24) is 0 Å². The van der Waals surface area contributed by atoms with Crippen molar-refractivity contribution in [2.24, 2.45) is 0 Å². The highest BCUT2D eigenvalue weighted by Crippen LogP contribution is 2.57. The minimum Gasteiger partial charge on any atom is -0.337 e. The van der Waals surface area contributed by atoms with Crippen LogP contribution in [0.3, 0.4) is 0 Å². The molecule has 0 saturated carbocycles. The van der Waals surface area contributed by atoms with Crippen LogP contribution in [0.25, 0.3) is 5.47 Å². The van der Waals surface area contributed by atoms with Crippen LogP contribution in [0.1, 0.15) is 210 Å². The fourth-order valence-electron chi connectivity index (χ4n) is 15.8. The number of fused-ring (bicyclic) bond motifs is 8. The van der Waals surface area contributed by atoms with E-state index in [0.717, 1.165) is 12.8 Å². The molecule has 7 aromatic rings. The van der Waals surface area contributed by atoms with Crippen LogP contribution in [-0.2, 0) is 50.9 Å². The Morgan fingerprint density at radius 2 is 0.912 bits per heavy atom. The lowest BCUT2D eigenvalue weighted by atomic mass is 9.31. The summed E-state index contributed by atoms with van der Waals surface area (Å²) in [6.45, 7) is 40.3. The molecule has 0 spiro atoms. The molecule has 410 valence electrons. The summed E-state index contributed by atoms with van der Waals surface area (Å²) in [7, 11) is 0. The predicted molar refractivity (Wildman–Crippen MR) is 344 cm³/mol. The zero-order valence-corrected chi connectivity index (χ0v) is 51.5. The number of hydrogen-bond donors (Lipinski definition) is 0. The maximum atomic E-state index is 2.81. The van der Waals surface area contributed by atoms with Crippen LogP contribution in [0.2, 0.25) is 0 Å². The molecule has 13 rings (SSSR count). The lowest BCUT2D eigenvalue weighted by Gasteiger charge is -2.50. The molecule has 4 heteroatoms. The van der Waals surface area contributed by atoms with E-state index in [1.165, 1.54) is 151 Å². The molecule has 0 radical (unpaired) electrons. The van der Waals surface area contributed by atoms with E-state index < -0.39 is 0 Å². The lowest BCUT2D eigenvalue weighted by Crippen LogP contribution is -2.57. The fourth-order valence-corrected chi connectivity index (χ4v) is 15.8. The van der Waals surface area contributed by atoms with E-state index in [9.17, 15) is 0 Å². The number of para-hydroxylation sites is 2. The fraction of sp³-hybridized carbons (Fsp3) is 0.421. The van der Waals surface area contributed by atoms with Gasteiger partial charge in [0.15, 0.2) is 0 Å². The molecule has 0 N–H and O–H groups in total. The lowest BCUT2D eigenvalue weighted by molar-refractivity contribution is 0.331. The van der Waals surface area contributed by atoms with Crippen molar-refractivity contribution < 1.29 is 0 Å². The van der Waals surface area contributed by atoms with Gasteiger partial charge in [0.05, 0.1) is 0 Å². The SMILES string of the molecule is Cc1cc2c(cc1N1c3cc4c(cc3B3C5=C(CCc6cc7c(cc65)C(C)(C)CCC7(C)C)N(c5ccc(C(C)(C)C)cc5)c5cc(CN(c6ccccc6)c6ccccc6)cc1c53)C(C)(C)CCC4(C)C)C(C)(C)CCC2(C)C. The summed E-state index contributed by atoms with van der Waals surface area (Å²) in [5.74, 6) is 0. The molecule has 2 heterocycles. The van der Waals surface area contributed by atoms with Crippen LogP contribution in [0.5, 0.6) is 0 Å². The van der Waals surface area contributed by atoms with Gasteiger partial charge in [-0.05, 0) is 234 Å². The van der Waals surface area contributed by atoms with Gasteiger partial charge in [0.2, 0.25) is 0 Å². The average Bonchev–Trinajstić information content (AvgIpc) is 3.58. The van der Waals surface area contributed by atoms with E-state index in [2.05, 4.69) is 259 Å². The Hall–Kier alpha value is -6.26. The zero-order chi connectivity index (χ0) is 56.4. The number of aryl methyl sites for hydroxylation is 2. The molecule has 0 aromatic heterocycles. The molecule has 0 bridgehead atoms. The third kappa shape index (κ3) is 8.32. The van der Waals surface area contributed by atoms with Gasteiger partial charge in [-0.1, -0.05) is 177 Å². The Kier molecular flexibility index (Phi) is 11.9. The van der Waals surface area contributed by atoms with Crippen molar-refractivity contribution in [2.45, 2.75) is 207 Å². The van der Waals surface area contributed by atoms with E-state index in [4.69, 9.17) is 0 Å². The largest absolute Gasteiger partial charge is 0.337 e. The van der Waals surface area contributed by atoms with Crippen LogP contribution in [-0.4, -0.2) is 6.71 Å². The number of rotatable bonds is 6. The van der Waals surface area contributed by atoms with Gasteiger partial charge >= 0.3 is 0 Å². The van der Waals surface area contributed by atoms with Gasteiger partial charge in [0.1, 0.15) is 0 Å². The van der Waals surface area contributed by atoms with E-state index in [1.54, 1.807) is 11.1 Å². The van der Waals surface area contributed by atoms with Crippen molar-refractivity contribution in [3.8, 4) is 0 Å². The van der Waals surface area contributed by atoms with Crippen molar-refractivity contribution in [2.75, 3.05) is 14.7 Å². The topological polar surface area (TPSA) is 9.72 Å². The van der Waals surface area contributed by atoms with Gasteiger partial charge in [0, 0.05) is 52.1 Å². The first-order chi connectivity index (χ1) is 37.7. The molecule has 2 aliphatic heterocycles. The van der Waals surface area contributed by atoms with Gasteiger partial charge < -0.3 is 14.7 Å². The first-order valence-corrected chi connectivity index (χ1v) is 30.7. The molecule has 0 fully saturated rings. The van der Waals surface area contributed by atoms with Gasteiger partial charge in [0.25, 0.3) is 6.71 Å². The van der Waals surface area contributed by atoms with Crippen LogP contribution in [0, 0.1) is 6.92 Å². The predicted octanol–water partition coefficient (Wildman–Crippen LogP) is 19.1. The van der Waals surface area contributed by atoms with Crippen LogP contribution in [0.15, 0.2) is 139 Å². The summed E-state index contributed by atoms with van der Waals surface area (Å²) in [4.78, 5) is 8.11. The van der Waals surface area contributed by atoms with E-state index in [0.29, 0.717) is 6.54 Å². The molecule has 0 amide bonds. The van der Waals surface area contributed by atoms with Crippen molar-refractivity contribution in [3.63, 3.8) is 0 Å². The highest BCUT2D eigenvalue weighted by Gasteiger charge is 2.50. The maximum absolute atomic E-state index is 2.81. The second kappa shape index (κ2) is 17.9. The zero-order valence-electron chi connectivity index (χ0n) is 51.5. The quantitative estimate of drug-likeness (QED) is 0.154. The number of nitrogens with zero attached hydrogens (tertiary/aromatic N) is 3. The molecule has 0 saturated heterocycles. The highest BCUT2D eigenvalue weighted by molar-refractivity contribution is 7.03. The van der Waals surface area contributed by atoms with Crippen LogP contribution in [0.4, 0.5) is 39.8 Å². The van der Waals surface area contributed by atoms with Gasteiger partial charge in [-0.15, -0.1) is 0 Å². The molecule has 0 atom stereocenters. The Bertz CT molecular complexity index is 3650. The minimum atomic E-state index is 0.0102. The molecule has 7 aromatic carbocycles. The summed E-state index contributed by atoms with van der Waals surface area (Å²) < 4.78 is 0. The minimum absolute atomic E-state index is 0.0102. The summed E-state index contributed by atoms with van der Waals surface area (Å²) in [5, 5.41) is 0. The first kappa shape index (κ1) is 53.1. The second-order valence-corrected chi connectivity index (χ2v) is 30.6. The normalized spacial score (nSPS) is 20.1. The van der Waals surface area contributed by atoms with E-state index in [1.807, 2.05) is 0 Å². The molecule has 4 aliphatic carbocycles. The number of anilines is 7.